The van der Waals surface area contributed by atoms with Crippen molar-refractivity contribution in [3.63, 3.8) is 0 Å². The van der Waals surface area contributed by atoms with Crippen LogP contribution >= 0.6 is 11.6 Å². The molecule has 0 unspecified atom stereocenters. The first-order valence-electron chi connectivity index (χ1n) is 8.56. The summed E-state index contributed by atoms with van der Waals surface area (Å²) in [7, 11) is 3.55. The van der Waals surface area contributed by atoms with Gasteiger partial charge in [0.05, 0.1) is 16.4 Å². The Labute approximate surface area is 153 Å². The van der Waals surface area contributed by atoms with E-state index >= 15 is 0 Å². The van der Waals surface area contributed by atoms with Gasteiger partial charge in [-0.1, -0.05) is 18.0 Å². The molecule has 134 valence electrons. The molecule has 1 saturated carbocycles. The molecule has 1 aromatic carbocycles. The van der Waals surface area contributed by atoms with E-state index in [4.69, 9.17) is 17.3 Å². The maximum Gasteiger partial charge on any atom is 0.150 e. The third kappa shape index (κ3) is 3.52. The third-order valence-electron chi connectivity index (χ3n) is 5.02. The standard InChI is InChI=1S/C19H24ClFN4/c1-11(12-5-4-6-12)24-19-18(22)13(7-8-23-19)14-9-16(21)17(25(2)3)10-15(14)20/h7-12H,4-6,22H2,1-3H3,(H,23,24)/t11-/m1/s1. The van der Waals surface area contributed by atoms with Crippen LogP contribution in [-0.4, -0.2) is 25.1 Å². The molecule has 4 nitrogen and oxygen atoms in total. The zero-order valence-corrected chi connectivity index (χ0v) is 15.6. The second kappa shape index (κ2) is 7.08. The van der Waals surface area contributed by atoms with Crippen LogP contribution in [0, 0.1) is 11.7 Å². The summed E-state index contributed by atoms with van der Waals surface area (Å²) in [5.41, 5.74) is 8.52. The molecule has 0 bridgehead atoms. The summed E-state index contributed by atoms with van der Waals surface area (Å²) in [4.78, 5) is 6.05. The Bertz CT molecular complexity index is 774. The van der Waals surface area contributed by atoms with E-state index in [2.05, 4.69) is 17.2 Å². The van der Waals surface area contributed by atoms with Crippen LogP contribution in [0.15, 0.2) is 24.4 Å². The molecule has 1 aromatic heterocycles. The summed E-state index contributed by atoms with van der Waals surface area (Å²) < 4.78 is 14.4. The predicted octanol–water partition coefficient (Wildman–Crippen LogP) is 4.79. The lowest BCUT2D eigenvalue weighted by molar-refractivity contribution is 0.285. The van der Waals surface area contributed by atoms with Gasteiger partial charge >= 0.3 is 0 Å². The van der Waals surface area contributed by atoms with E-state index in [1.165, 1.54) is 25.3 Å². The van der Waals surface area contributed by atoms with Crippen molar-refractivity contribution in [3.05, 3.63) is 35.2 Å². The Morgan fingerprint density at radius 3 is 2.64 bits per heavy atom. The van der Waals surface area contributed by atoms with Gasteiger partial charge in [0.15, 0.2) is 0 Å². The van der Waals surface area contributed by atoms with Crippen LogP contribution in [0.4, 0.5) is 21.6 Å². The minimum Gasteiger partial charge on any atom is -0.395 e. The van der Waals surface area contributed by atoms with Crippen molar-refractivity contribution in [2.45, 2.75) is 32.2 Å². The van der Waals surface area contributed by atoms with Crippen LogP contribution in [0.2, 0.25) is 5.02 Å². The van der Waals surface area contributed by atoms with E-state index in [9.17, 15) is 4.39 Å². The van der Waals surface area contributed by atoms with E-state index in [1.54, 1.807) is 37.3 Å². The molecule has 0 spiro atoms. The first kappa shape index (κ1) is 17.8. The highest BCUT2D eigenvalue weighted by Gasteiger charge is 2.25. The van der Waals surface area contributed by atoms with E-state index in [1.807, 2.05) is 0 Å². The molecule has 0 saturated heterocycles. The number of halogens is 2. The molecule has 1 atom stereocenters. The van der Waals surface area contributed by atoms with Crippen LogP contribution < -0.4 is 16.0 Å². The van der Waals surface area contributed by atoms with Gasteiger partial charge in [-0.2, -0.15) is 0 Å². The van der Waals surface area contributed by atoms with E-state index in [0.717, 1.165) is 0 Å². The summed E-state index contributed by atoms with van der Waals surface area (Å²) >= 11 is 6.40. The van der Waals surface area contributed by atoms with Crippen molar-refractivity contribution in [1.82, 2.24) is 4.98 Å². The summed E-state index contributed by atoms with van der Waals surface area (Å²) in [6, 6.07) is 5.13. The highest BCUT2D eigenvalue weighted by Crippen LogP contribution is 2.39. The van der Waals surface area contributed by atoms with Crippen LogP contribution in [0.1, 0.15) is 26.2 Å². The number of benzene rings is 1. The number of nitrogens with two attached hydrogens (primary N) is 1. The first-order valence-corrected chi connectivity index (χ1v) is 8.94. The minimum absolute atomic E-state index is 0.308. The van der Waals surface area contributed by atoms with Crippen molar-refractivity contribution in [2.24, 2.45) is 5.92 Å². The Morgan fingerprint density at radius 2 is 2.04 bits per heavy atom. The van der Waals surface area contributed by atoms with Crippen molar-refractivity contribution in [1.29, 1.82) is 0 Å². The summed E-state index contributed by atoms with van der Waals surface area (Å²) in [6.45, 7) is 2.15. The molecule has 1 heterocycles. The number of nitrogens with one attached hydrogen (secondary N) is 1. The Hall–Kier alpha value is -2.01. The van der Waals surface area contributed by atoms with Gasteiger partial charge in [-0.15, -0.1) is 0 Å². The van der Waals surface area contributed by atoms with Crippen LogP contribution in [0.25, 0.3) is 11.1 Å². The Morgan fingerprint density at radius 1 is 1.32 bits per heavy atom. The molecular formula is C19H24ClFN4. The first-order chi connectivity index (χ1) is 11.9. The molecule has 1 aliphatic rings. The largest absolute Gasteiger partial charge is 0.395 e. The second-order valence-corrected chi connectivity index (χ2v) is 7.33. The number of hydrogen-bond donors (Lipinski definition) is 2. The quantitative estimate of drug-likeness (QED) is 0.802. The molecule has 0 amide bonds. The molecule has 1 fully saturated rings. The fraction of sp³-hybridized carbons (Fsp3) is 0.421. The van der Waals surface area contributed by atoms with Gasteiger partial charge in [-0.05, 0) is 43.9 Å². The Balaban J connectivity index is 1.95. The highest BCUT2D eigenvalue weighted by molar-refractivity contribution is 6.33. The van der Waals surface area contributed by atoms with Crippen molar-refractivity contribution in [2.75, 3.05) is 30.0 Å². The molecule has 3 rings (SSSR count). The van der Waals surface area contributed by atoms with Crippen LogP contribution in [-0.2, 0) is 0 Å². The van der Waals surface area contributed by atoms with Gasteiger partial charge in [0, 0.05) is 37.5 Å². The lowest BCUT2D eigenvalue weighted by Crippen LogP contribution is -2.31. The molecule has 25 heavy (non-hydrogen) atoms. The highest BCUT2D eigenvalue weighted by atomic mass is 35.5. The lowest BCUT2D eigenvalue weighted by Gasteiger charge is -2.32. The van der Waals surface area contributed by atoms with Gasteiger partial charge in [-0.25, -0.2) is 9.37 Å². The smallest absolute Gasteiger partial charge is 0.150 e. The van der Waals surface area contributed by atoms with E-state index in [0.29, 0.717) is 45.3 Å². The molecule has 6 heteroatoms. The fourth-order valence-electron chi connectivity index (χ4n) is 3.18. The number of nitrogens with zero attached hydrogens (tertiary/aromatic N) is 2. The molecule has 3 N–H and O–H groups in total. The average molecular weight is 363 g/mol. The number of nitrogen functional groups attached to an aromatic ring is 1. The number of aromatic nitrogens is 1. The number of pyridine rings is 1. The van der Waals surface area contributed by atoms with Gasteiger partial charge in [0.1, 0.15) is 11.6 Å². The number of anilines is 3. The monoisotopic (exact) mass is 362 g/mol. The zero-order valence-electron chi connectivity index (χ0n) is 14.8. The predicted molar refractivity (Wildman–Crippen MR) is 104 cm³/mol. The van der Waals surface area contributed by atoms with Crippen molar-refractivity contribution >= 4 is 28.8 Å². The normalized spacial score (nSPS) is 15.6. The fourth-order valence-corrected chi connectivity index (χ4v) is 3.44. The summed E-state index contributed by atoms with van der Waals surface area (Å²) in [5, 5.41) is 3.86. The summed E-state index contributed by atoms with van der Waals surface area (Å²) in [5.74, 6) is 0.952. The zero-order chi connectivity index (χ0) is 18.1. The number of hydrogen-bond acceptors (Lipinski definition) is 4. The topological polar surface area (TPSA) is 54.2 Å². The van der Waals surface area contributed by atoms with Gasteiger partial charge in [0.25, 0.3) is 0 Å². The third-order valence-corrected chi connectivity index (χ3v) is 5.33. The minimum atomic E-state index is -0.335. The molecule has 2 aromatic rings. The molecule has 0 aliphatic heterocycles. The molecule has 0 radical (unpaired) electrons. The van der Waals surface area contributed by atoms with E-state index in [-0.39, 0.29) is 5.82 Å². The Kier molecular flexibility index (Phi) is 5.04. The van der Waals surface area contributed by atoms with Crippen LogP contribution in [0.3, 0.4) is 0 Å². The molecular weight excluding hydrogens is 339 g/mol. The number of rotatable bonds is 5. The van der Waals surface area contributed by atoms with Gasteiger partial charge in [0.2, 0.25) is 0 Å². The second-order valence-electron chi connectivity index (χ2n) is 6.92. The lowest BCUT2D eigenvalue weighted by atomic mass is 9.80. The molecule has 1 aliphatic carbocycles. The maximum atomic E-state index is 14.4. The van der Waals surface area contributed by atoms with Crippen molar-refractivity contribution < 1.29 is 4.39 Å². The maximum absolute atomic E-state index is 14.4. The van der Waals surface area contributed by atoms with Crippen LogP contribution in [0.5, 0.6) is 0 Å². The average Bonchev–Trinajstić information content (AvgIpc) is 2.49. The summed E-state index contributed by atoms with van der Waals surface area (Å²) in [6.07, 6.45) is 5.43. The van der Waals surface area contributed by atoms with Crippen molar-refractivity contribution in [3.8, 4) is 11.1 Å². The van der Waals surface area contributed by atoms with Gasteiger partial charge in [-0.3, -0.25) is 0 Å². The SMILES string of the molecule is C[C@@H](Nc1nccc(-c2cc(F)c(N(C)C)cc2Cl)c1N)C1CCC1. The van der Waals surface area contributed by atoms with Gasteiger partial charge < -0.3 is 16.0 Å². The van der Waals surface area contributed by atoms with E-state index < -0.39 is 0 Å².